The third-order valence-electron chi connectivity index (χ3n) is 2.96. The average Bonchev–Trinajstić information content (AvgIpc) is 2.48. The Bertz CT molecular complexity index is 654. The lowest BCUT2D eigenvalue weighted by Gasteiger charge is -2.14. The quantitative estimate of drug-likeness (QED) is 0.559. The van der Waals surface area contributed by atoms with E-state index in [2.05, 4.69) is 17.1 Å². The van der Waals surface area contributed by atoms with Gasteiger partial charge in [-0.25, -0.2) is 0 Å². The molecular formula is C16H20NO3P. The Labute approximate surface area is 125 Å². The highest BCUT2D eigenvalue weighted by Gasteiger charge is 2.22. The lowest BCUT2D eigenvalue weighted by Crippen LogP contribution is -1.99. The second-order valence-electron chi connectivity index (χ2n) is 4.47. The molecule has 0 aliphatic carbocycles. The van der Waals surface area contributed by atoms with E-state index in [-0.39, 0.29) is 6.29 Å². The number of hydrogen-bond donors (Lipinski definition) is 0. The van der Waals surface area contributed by atoms with E-state index in [0.717, 1.165) is 16.3 Å². The fourth-order valence-corrected chi connectivity index (χ4v) is 3.42. The summed E-state index contributed by atoms with van der Waals surface area (Å²) >= 11 is 0. The summed E-state index contributed by atoms with van der Waals surface area (Å²) < 4.78 is 22.7. The summed E-state index contributed by atoms with van der Waals surface area (Å²) in [6.07, 6.45) is 1.77. The van der Waals surface area contributed by atoms with Gasteiger partial charge in [-0.05, 0) is 24.6 Å². The molecule has 0 heterocycles. The molecule has 0 unspecified atom stereocenters. The van der Waals surface area contributed by atoms with Crippen molar-refractivity contribution in [2.45, 2.75) is 13.8 Å². The van der Waals surface area contributed by atoms with Crippen molar-refractivity contribution in [3.05, 3.63) is 48.0 Å². The molecule has 112 valence electrons. The van der Waals surface area contributed by atoms with Crippen molar-refractivity contribution in [3.63, 3.8) is 0 Å². The van der Waals surface area contributed by atoms with Gasteiger partial charge in [-0.3, -0.25) is 9.56 Å². The van der Waals surface area contributed by atoms with E-state index in [1.54, 1.807) is 20.1 Å². The van der Waals surface area contributed by atoms with Gasteiger partial charge in [-0.1, -0.05) is 42.5 Å². The van der Waals surface area contributed by atoms with Crippen LogP contribution in [0, 0.1) is 0 Å². The van der Waals surface area contributed by atoms with Crippen molar-refractivity contribution in [2.24, 2.45) is 4.99 Å². The van der Waals surface area contributed by atoms with Gasteiger partial charge in [0.15, 0.2) is 0 Å². The van der Waals surface area contributed by atoms with Crippen molar-refractivity contribution in [1.29, 1.82) is 0 Å². The molecule has 21 heavy (non-hydrogen) atoms. The second-order valence-corrected chi connectivity index (χ2v) is 6.49. The number of fused-ring (bicyclic) bond motifs is 1. The number of rotatable bonds is 7. The van der Waals surface area contributed by atoms with Crippen LogP contribution in [0.4, 0.5) is 0 Å². The van der Waals surface area contributed by atoms with Crippen LogP contribution in [0.2, 0.25) is 0 Å². The fraction of sp³-hybridized carbons (Fsp3) is 0.312. The van der Waals surface area contributed by atoms with Crippen LogP contribution in [0.3, 0.4) is 0 Å². The molecule has 2 aromatic rings. The second kappa shape index (κ2) is 7.51. The molecule has 0 N–H and O–H groups in total. The first-order valence-electron chi connectivity index (χ1n) is 7.04. The molecule has 0 spiro atoms. The number of aliphatic imine (C=N–C) groups is 1. The maximum atomic E-state index is 12.3. The molecule has 0 aromatic heterocycles. The van der Waals surface area contributed by atoms with Crippen molar-refractivity contribution >= 4 is 24.6 Å². The maximum Gasteiger partial charge on any atom is 0.351 e. The summed E-state index contributed by atoms with van der Waals surface area (Å²) in [4.78, 5) is 4.26. The summed E-state index contributed by atoms with van der Waals surface area (Å²) in [7, 11) is -3.11. The minimum absolute atomic E-state index is 0.0396. The minimum atomic E-state index is -3.11. The van der Waals surface area contributed by atoms with Gasteiger partial charge in [0.05, 0.1) is 13.2 Å². The number of benzene rings is 2. The molecule has 2 aromatic carbocycles. The summed E-state index contributed by atoms with van der Waals surface area (Å²) in [6.45, 7) is 4.28. The van der Waals surface area contributed by atoms with Gasteiger partial charge in [0.2, 0.25) is 0 Å². The molecule has 0 fully saturated rings. The highest BCUT2D eigenvalue weighted by atomic mass is 31.2. The van der Waals surface area contributed by atoms with E-state index in [1.165, 1.54) is 0 Å². The fourth-order valence-electron chi connectivity index (χ4n) is 2.11. The highest BCUT2D eigenvalue weighted by Crippen LogP contribution is 2.47. The molecule has 2 rings (SSSR count). The maximum absolute atomic E-state index is 12.3. The first kappa shape index (κ1) is 15.9. The monoisotopic (exact) mass is 305 g/mol. The van der Waals surface area contributed by atoms with Crippen molar-refractivity contribution in [2.75, 3.05) is 19.5 Å². The lowest BCUT2D eigenvalue weighted by molar-refractivity contribution is 0.221. The molecule has 0 amide bonds. The zero-order valence-corrected chi connectivity index (χ0v) is 13.3. The van der Waals surface area contributed by atoms with Gasteiger partial charge in [-0.2, -0.15) is 0 Å². The molecule has 0 atom stereocenters. The lowest BCUT2D eigenvalue weighted by atomic mass is 10.1. The van der Waals surface area contributed by atoms with Gasteiger partial charge in [0, 0.05) is 11.8 Å². The minimum Gasteiger partial charge on any atom is -0.308 e. The first-order chi connectivity index (χ1) is 10.2. The van der Waals surface area contributed by atoms with Gasteiger partial charge >= 0.3 is 7.60 Å². The molecule has 0 radical (unpaired) electrons. The van der Waals surface area contributed by atoms with Crippen molar-refractivity contribution in [3.8, 4) is 0 Å². The zero-order valence-electron chi connectivity index (χ0n) is 12.4. The Morgan fingerprint density at radius 3 is 2.43 bits per heavy atom. The van der Waals surface area contributed by atoms with Crippen LogP contribution in [-0.4, -0.2) is 25.7 Å². The first-order valence-corrected chi connectivity index (χ1v) is 8.77. The van der Waals surface area contributed by atoms with Gasteiger partial charge in [0.1, 0.15) is 6.29 Å². The number of nitrogens with zero attached hydrogens (tertiary/aromatic N) is 1. The topological polar surface area (TPSA) is 47.9 Å². The third kappa shape index (κ3) is 4.24. The van der Waals surface area contributed by atoms with Crippen LogP contribution in [0.1, 0.15) is 19.4 Å². The van der Waals surface area contributed by atoms with Gasteiger partial charge in [-0.15, -0.1) is 0 Å². The van der Waals surface area contributed by atoms with E-state index < -0.39 is 7.60 Å². The Balaban J connectivity index is 2.18. The normalized spacial score (nSPS) is 12.3. The van der Waals surface area contributed by atoms with E-state index in [4.69, 9.17) is 9.05 Å². The van der Waals surface area contributed by atoms with Crippen LogP contribution >= 0.6 is 7.60 Å². The van der Waals surface area contributed by atoms with Gasteiger partial charge < -0.3 is 9.05 Å². The largest absolute Gasteiger partial charge is 0.351 e. The van der Waals surface area contributed by atoms with Crippen LogP contribution in [0.25, 0.3) is 10.8 Å². The smallest absolute Gasteiger partial charge is 0.308 e. The van der Waals surface area contributed by atoms with E-state index >= 15 is 0 Å². The Hall–Kier alpha value is -1.48. The summed E-state index contributed by atoms with van der Waals surface area (Å²) in [5.41, 5.74) is 0.993. The Morgan fingerprint density at radius 2 is 1.71 bits per heavy atom. The zero-order chi connectivity index (χ0) is 15.1. The molecule has 0 saturated heterocycles. The molecule has 0 aliphatic rings. The summed E-state index contributed by atoms with van der Waals surface area (Å²) in [5.74, 6) is 0. The molecular weight excluding hydrogens is 285 g/mol. The SMILES string of the molecule is CCOP(=O)(C/N=C/c1cccc2ccccc12)OCC. The Morgan fingerprint density at radius 1 is 1.05 bits per heavy atom. The molecule has 0 aliphatic heterocycles. The molecule has 5 heteroatoms. The summed E-state index contributed by atoms with van der Waals surface area (Å²) in [5, 5.41) is 2.27. The van der Waals surface area contributed by atoms with Crippen LogP contribution in [-0.2, 0) is 13.6 Å². The molecule has 0 saturated carbocycles. The van der Waals surface area contributed by atoms with Crippen LogP contribution in [0.5, 0.6) is 0 Å². The Kier molecular flexibility index (Phi) is 5.68. The number of hydrogen-bond acceptors (Lipinski definition) is 4. The predicted molar refractivity (Wildman–Crippen MR) is 87.3 cm³/mol. The van der Waals surface area contributed by atoms with Crippen LogP contribution in [0.15, 0.2) is 47.5 Å². The van der Waals surface area contributed by atoms with E-state index in [0.29, 0.717) is 13.2 Å². The third-order valence-corrected chi connectivity index (χ3v) is 4.77. The van der Waals surface area contributed by atoms with E-state index in [9.17, 15) is 4.57 Å². The van der Waals surface area contributed by atoms with Crippen LogP contribution < -0.4 is 0 Å². The standard InChI is InChI=1S/C16H20NO3P/c1-3-19-21(18,20-4-2)13-17-12-15-10-7-9-14-8-5-6-11-16(14)15/h5-12H,3-4,13H2,1-2H3/b17-12+. The van der Waals surface area contributed by atoms with Crippen molar-refractivity contribution < 1.29 is 13.6 Å². The molecule has 0 bridgehead atoms. The van der Waals surface area contributed by atoms with E-state index in [1.807, 2.05) is 30.3 Å². The highest BCUT2D eigenvalue weighted by molar-refractivity contribution is 7.53. The molecule has 4 nitrogen and oxygen atoms in total. The average molecular weight is 305 g/mol. The van der Waals surface area contributed by atoms with Crippen molar-refractivity contribution in [1.82, 2.24) is 0 Å². The predicted octanol–water partition coefficient (Wildman–Crippen LogP) is 4.48. The van der Waals surface area contributed by atoms with Gasteiger partial charge in [0.25, 0.3) is 0 Å². The summed E-state index contributed by atoms with van der Waals surface area (Å²) in [6, 6.07) is 14.1.